The SMILES string of the molecule is CCCn1cncc1C(CN)N1CCCCCC1. The van der Waals surface area contributed by atoms with Gasteiger partial charge >= 0.3 is 0 Å². The van der Waals surface area contributed by atoms with Crippen LogP contribution in [0.4, 0.5) is 0 Å². The van der Waals surface area contributed by atoms with E-state index in [2.05, 4.69) is 21.4 Å². The second kappa shape index (κ2) is 6.90. The monoisotopic (exact) mass is 250 g/mol. The molecule has 1 unspecified atom stereocenters. The second-order valence-electron chi connectivity index (χ2n) is 5.21. The molecule has 18 heavy (non-hydrogen) atoms. The van der Waals surface area contributed by atoms with E-state index in [1.165, 1.54) is 44.5 Å². The largest absolute Gasteiger partial charge is 0.333 e. The van der Waals surface area contributed by atoms with Crippen molar-refractivity contribution in [2.45, 2.75) is 51.6 Å². The number of rotatable bonds is 5. The van der Waals surface area contributed by atoms with E-state index >= 15 is 0 Å². The van der Waals surface area contributed by atoms with Gasteiger partial charge in [-0.1, -0.05) is 19.8 Å². The van der Waals surface area contributed by atoms with Crippen molar-refractivity contribution in [1.82, 2.24) is 14.5 Å². The van der Waals surface area contributed by atoms with Crippen LogP contribution in [0.25, 0.3) is 0 Å². The quantitative estimate of drug-likeness (QED) is 0.871. The van der Waals surface area contributed by atoms with Gasteiger partial charge in [-0.25, -0.2) is 4.98 Å². The Morgan fingerprint density at radius 1 is 1.28 bits per heavy atom. The van der Waals surface area contributed by atoms with Gasteiger partial charge in [0, 0.05) is 19.3 Å². The molecule has 1 aromatic rings. The Hall–Kier alpha value is -0.870. The standard InChI is InChI=1S/C14H26N4/c1-2-7-18-12-16-11-14(18)13(10-15)17-8-5-3-4-6-9-17/h11-13H,2-10,15H2,1H3. The molecule has 0 spiro atoms. The second-order valence-corrected chi connectivity index (χ2v) is 5.21. The van der Waals surface area contributed by atoms with E-state index in [9.17, 15) is 0 Å². The van der Waals surface area contributed by atoms with Gasteiger partial charge in [-0.15, -0.1) is 0 Å². The number of nitrogens with two attached hydrogens (primary N) is 1. The van der Waals surface area contributed by atoms with E-state index < -0.39 is 0 Å². The summed E-state index contributed by atoms with van der Waals surface area (Å²) in [5.41, 5.74) is 7.32. The summed E-state index contributed by atoms with van der Waals surface area (Å²) in [5.74, 6) is 0. The van der Waals surface area contributed by atoms with Crippen molar-refractivity contribution in [3.63, 3.8) is 0 Å². The summed E-state index contributed by atoms with van der Waals surface area (Å²) in [6, 6.07) is 0.345. The molecule has 4 nitrogen and oxygen atoms in total. The van der Waals surface area contributed by atoms with Crippen LogP contribution in [0.2, 0.25) is 0 Å². The summed E-state index contributed by atoms with van der Waals surface area (Å²) < 4.78 is 2.27. The number of hydrogen-bond donors (Lipinski definition) is 1. The predicted octanol–water partition coefficient (Wildman–Crippen LogP) is 2.17. The third-order valence-electron chi connectivity index (χ3n) is 3.86. The molecule has 1 aliphatic heterocycles. The molecule has 0 saturated carbocycles. The van der Waals surface area contributed by atoms with Crippen LogP contribution < -0.4 is 5.73 Å². The molecule has 1 aliphatic rings. The summed E-state index contributed by atoms with van der Waals surface area (Å²) in [5, 5.41) is 0. The van der Waals surface area contributed by atoms with Crippen LogP contribution in [0, 0.1) is 0 Å². The number of likely N-dealkylation sites (tertiary alicyclic amines) is 1. The van der Waals surface area contributed by atoms with Crippen LogP contribution in [0.1, 0.15) is 50.8 Å². The first kappa shape index (κ1) is 13.6. The van der Waals surface area contributed by atoms with Crippen molar-refractivity contribution in [2.75, 3.05) is 19.6 Å². The summed E-state index contributed by atoms with van der Waals surface area (Å²) in [4.78, 5) is 6.86. The molecule has 2 N–H and O–H groups in total. The van der Waals surface area contributed by atoms with Crippen molar-refractivity contribution >= 4 is 0 Å². The van der Waals surface area contributed by atoms with Crippen LogP contribution in [0.15, 0.2) is 12.5 Å². The first-order valence-electron chi connectivity index (χ1n) is 7.31. The molecule has 2 heterocycles. The molecule has 4 heteroatoms. The van der Waals surface area contributed by atoms with E-state index in [0.29, 0.717) is 12.6 Å². The maximum absolute atomic E-state index is 6.03. The minimum atomic E-state index is 0.345. The number of aromatic nitrogens is 2. The van der Waals surface area contributed by atoms with Gasteiger partial charge in [0.15, 0.2) is 0 Å². The smallest absolute Gasteiger partial charge is 0.0948 e. The number of aryl methyl sites for hydroxylation is 1. The first-order chi connectivity index (χ1) is 8.86. The number of nitrogens with zero attached hydrogens (tertiary/aromatic N) is 3. The van der Waals surface area contributed by atoms with Gasteiger partial charge < -0.3 is 10.3 Å². The zero-order chi connectivity index (χ0) is 12.8. The van der Waals surface area contributed by atoms with Crippen LogP contribution in [0.3, 0.4) is 0 Å². The molecule has 1 aromatic heterocycles. The molecule has 1 saturated heterocycles. The lowest BCUT2D eigenvalue weighted by molar-refractivity contribution is 0.201. The van der Waals surface area contributed by atoms with Crippen molar-refractivity contribution in [1.29, 1.82) is 0 Å². The Morgan fingerprint density at radius 3 is 2.61 bits per heavy atom. The Bertz CT molecular complexity index is 339. The summed E-state index contributed by atoms with van der Waals surface area (Å²) in [6.07, 6.45) is 10.4. The lowest BCUT2D eigenvalue weighted by Gasteiger charge is -2.30. The average Bonchev–Trinajstić information content (AvgIpc) is 2.66. The fraction of sp³-hybridized carbons (Fsp3) is 0.786. The minimum Gasteiger partial charge on any atom is -0.333 e. The van der Waals surface area contributed by atoms with E-state index in [-0.39, 0.29) is 0 Å². The molecule has 0 aliphatic carbocycles. The zero-order valence-corrected chi connectivity index (χ0v) is 11.5. The third kappa shape index (κ3) is 3.12. The van der Waals surface area contributed by atoms with Crippen LogP contribution in [0.5, 0.6) is 0 Å². The molecule has 102 valence electrons. The predicted molar refractivity (Wildman–Crippen MR) is 74.4 cm³/mol. The van der Waals surface area contributed by atoms with E-state index in [1.807, 2.05) is 12.5 Å². The van der Waals surface area contributed by atoms with Crippen molar-refractivity contribution in [2.24, 2.45) is 5.73 Å². The van der Waals surface area contributed by atoms with Gasteiger partial charge in [-0.3, -0.25) is 4.90 Å². The highest BCUT2D eigenvalue weighted by Crippen LogP contribution is 2.23. The molecular weight excluding hydrogens is 224 g/mol. The molecule has 0 aromatic carbocycles. The first-order valence-corrected chi connectivity index (χ1v) is 7.31. The van der Waals surface area contributed by atoms with Crippen molar-refractivity contribution < 1.29 is 0 Å². The van der Waals surface area contributed by atoms with E-state index in [0.717, 1.165) is 13.0 Å². The fourth-order valence-electron chi connectivity index (χ4n) is 2.90. The summed E-state index contributed by atoms with van der Waals surface area (Å²) >= 11 is 0. The van der Waals surface area contributed by atoms with E-state index in [1.54, 1.807) is 0 Å². The van der Waals surface area contributed by atoms with Crippen molar-refractivity contribution in [3.05, 3.63) is 18.2 Å². The van der Waals surface area contributed by atoms with Crippen LogP contribution >= 0.6 is 0 Å². The lowest BCUT2D eigenvalue weighted by atomic mass is 10.1. The van der Waals surface area contributed by atoms with Gasteiger partial charge in [0.25, 0.3) is 0 Å². The Kier molecular flexibility index (Phi) is 5.20. The Labute approximate surface area is 110 Å². The van der Waals surface area contributed by atoms with Crippen molar-refractivity contribution in [3.8, 4) is 0 Å². The van der Waals surface area contributed by atoms with E-state index in [4.69, 9.17) is 5.73 Å². The topological polar surface area (TPSA) is 47.1 Å². The molecule has 0 bridgehead atoms. The molecule has 1 fully saturated rings. The third-order valence-corrected chi connectivity index (χ3v) is 3.86. The minimum absolute atomic E-state index is 0.345. The zero-order valence-electron chi connectivity index (χ0n) is 11.5. The highest BCUT2D eigenvalue weighted by Gasteiger charge is 2.22. The molecule has 0 radical (unpaired) electrons. The fourth-order valence-corrected chi connectivity index (χ4v) is 2.90. The molecule has 1 atom stereocenters. The van der Waals surface area contributed by atoms with Gasteiger partial charge in [0.2, 0.25) is 0 Å². The molecule has 2 rings (SSSR count). The maximum Gasteiger partial charge on any atom is 0.0948 e. The number of imidazole rings is 1. The molecular formula is C14H26N4. The molecule has 0 amide bonds. The average molecular weight is 250 g/mol. The maximum atomic E-state index is 6.03. The van der Waals surface area contributed by atoms with Crippen LogP contribution in [-0.2, 0) is 6.54 Å². The highest BCUT2D eigenvalue weighted by molar-refractivity contribution is 5.07. The Morgan fingerprint density at radius 2 is 2.00 bits per heavy atom. The van der Waals surface area contributed by atoms with Gasteiger partial charge in [-0.05, 0) is 32.4 Å². The lowest BCUT2D eigenvalue weighted by Crippen LogP contribution is -2.35. The van der Waals surface area contributed by atoms with Gasteiger partial charge in [0.1, 0.15) is 0 Å². The Balaban J connectivity index is 2.12. The number of hydrogen-bond acceptors (Lipinski definition) is 3. The van der Waals surface area contributed by atoms with Gasteiger partial charge in [0.05, 0.1) is 18.1 Å². The van der Waals surface area contributed by atoms with Gasteiger partial charge in [-0.2, -0.15) is 0 Å². The van der Waals surface area contributed by atoms with Crippen LogP contribution in [-0.4, -0.2) is 34.1 Å². The summed E-state index contributed by atoms with van der Waals surface area (Å²) in [6.45, 7) is 6.29. The highest BCUT2D eigenvalue weighted by atomic mass is 15.2. The summed E-state index contributed by atoms with van der Waals surface area (Å²) in [7, 11) is 0. The normalized spacial score (nSPS) is 19.7.